The van der Waals surface area contributed by atoms with Crippen molar-refractivity contribution < 1.29 is 22.7 Å². The smallest absolute Gasteiger partial charge is 0.389 e. The van der Waals surface area contributed by atoms with Gasteiger partial charge in [0.2, 0.25) is 5.91 Å². The number of nitrogens with one attached hydrogen (secondary N) is 1. The molecule has 0 radical (unpaired) electrons. The van der Waals surface area contributed by atoms with Crippen LogP contribution in [0.1, 0.15) is 32.1 Å². The number of ether oxygens (including phenoxy) is 1. The molecule has 5 nitrogen and oxygen atoms in total. The minimum absolute atomic E-state index is 0.00760. The normalized spacial score (nSPS) is 17.7. The molecule has 0 bridgehead atoms. The third-order valence-electron chi connectivity index (χ3n) is 4.81. The van der Waals surface area contributed by atoms with Crippen molar-refractivity contribution in [1.29, 1.82) is 0 Å². The van der Waals surface area contributed by atoms with E-state index in [4.69, 9.17) is 4.74 Å². The lowest BCUT2D eigenvalue weighted by atomic mass is 10.0. The van der Waals surface area contributed by atoms with Gasteiger partial charge in [-0.2, -0.15) is 13.2 Å². The van der Waals surface area contributed by atoms with Gasteiger partial charge in [-0.05, 0) is 68.8 Å². The molecule has 1 fully saturated rings. The number of alkyl halides is 3. The summed E-state index contributed by atoms with van der Waals surface area (Å²) in [5.41, 5.74) is 0.620. The number of amides is 1. The Hall–Kier alpha value is -2.61. The van der Waals surface area contributed by atoms with Crippen LogP contribution in [0.4, 0.5) is 18.9 Å². The van der Waals surface area contributed by atoms with Gasteiger partial charge in [-0.25, -0.2) is 0 Å². The summed E-state index contributed by atoms with van der Waals surface area (Å²) in [5, 5.41) is 2.87. The second-order valence-electron chi connectivity index (χ2n) is 7.07. The Bertz CT molecular complexity index is 782. The number of pyridine rings is 1. The maximum absolute atomic E-state index is 12.7. The zero-order valence-corrected chi connectivity index (χ0v) is 16.0. The number of carbonyl (C=O) groups excluding carboxylic acids is 1. The minimum Gasteiger partial charge on any atom is -0.456 e. The van der Waals surface area contributed by atoms with Gasteiger partial charge >= 0.3 is 6.18 Å². The van der Waals surface area contributed by atoms with Gasteiger partial charge in [0.05, 0.1) is 12.2 Å². The lowest BCUT2D eigenvalue weighted by Crippen LogP contribution is -2.47. The second kappa shape index (κ2) is 9.73. The summed E-state index contributed by atoms with van der Waals surface area (Å²) in [7, 11) is 0. The average molecular weight is 407 g/mol. The fourth-order valence-corrected chi connectivity index (χ4v) is 3.41. The van der Waals surface area contributed by atoms with E-state index < -0.39 is 18.6 Å². The second-order valence-corrected chi connectivity index (χ2v) is 7.07. The number of carbonyl (C=O) groups is 1. The van der Waals surface area contributed by atoms with Crippen molar-refractivity contribution in [3.05, 3.63) is 48.8 Å². The first-order valence-corrected chi connectivity index (χ1v) is 9.70. The number of hydrogen-bond donors (Lipinski definition) is 1. The van der Waals surface area contributed by atoms with E-state index in [0.717, 1.165) is 12.8 Å². The molecule has 29 heavy (non-hydrogen) atoms. The quantitative estimate of drug-likeness (QED) is 0.701. The third-order valence-corrected chi connectivity index (χ3v) is 4.81. The highest BCUT2D eigenvalue weighted by Gasteiger charge is 2.31. The summed E-state index contributed by atoms with van der Waals surface area (Å²) in [6.45, 7) is 0.920. The molecule has 0 aliphatic carbocycles. The topological polar surface area (TPSA) is 54.5 Å². The Balaban J connectivity index is 1.54. The maximum atomic E-state index is 12.7. The fraction of sp³-hybridized carbons (Fsp3) is 0.429. The summed E-state index contributed by atoms with van der Waals surface area (Å²) < 4.78 is 42.9. The Labute approximate surface area is 167 Å². The van der Waals surface area contributed by atoms with Gasteiger partial charge in [0.25, 0.3) is 0 Å². The Kier molecular flexibility index (Phi) is 7.09. The molecule has 156 valence electrons. The van der Waals surface area contributed by atoms with E-state index in [1.807, 2.05) is 4.90 Å². The highest BCUT2D eigenvalue weighted by Crippen LogP contribution is 2.25. The van der Waals surface area contributed by atoms with Crippen LogP contribution in [0.3, 0.4) is 0 Å². The first-order valence-electron chi connectivity index (χ1n) is 9.70. The molecule has 0 saturated carbocycles. The molecule has 1 atom stereocenters. The lowest BCUT2D eigenvalue weighted by Gasteiger charge is -2.34. The van der Waals surface area contributed by atoms with Gasteiger partial charge in [0, 0.05) is 18.3 Å². The Morgan fingerprint density at radius 2 is 1.97 bits per heavy atom. The number of halogens is 3. The summed E-state index contributed by atoms with van der Waals surface area (Å²) in [4.78, 5) is 18.5. The van der Waals surface area contributed by atoms with E-state index >= 15 is 0 Å². The van der Waals surface area contributed by atoms with E-state index in [2.05, 4.69) is 10.3 Å². The van der Waals surface area contributed by atoms with Crippen LogP contribution >= 0.6 is 0 Å². The van der Waals surface area contributed by atoms with Gasteiger partial charge in [-0.1, -0.05) is 6.42 Å². The molecule has 1 aliphatic rings. The van der Waals surface area contributed by atoms with E-state index in [1.54, 1.807) is 48.8 Å². The molecule has 1 aromatic carbocycles. The van der Waals surface area contributed by atoms with E-state index in [-0.39, 0.29) is 18.9 Å². The summed E-state index contributed by atoms with van der Waals surface area (Å²) in [6.07, 6.45) is 0.731. The molecular formula is C21H24F3N3O2. The van der Waals surface area contributed by atoms with Crippen LogP contribution < -0.4 is 10.1 Å². The van der Waals surface area contributed by atoms with Crippen molar-refractivity contribution in [2.75, 3.05) is 18.4 Å². The Morgan fingerprint density at radius 3 is 2.66 bits per heavy atom. The zero-order chi connectivity index (χ0) is 20.7. The molecule has 8 heteroatoms. The zero-order valence-electron chi connectivity index (χ0n) is 16.0. The SMILES string of the molecule is O=C(Nc1ccc(Oc2cccnc2)cc1)[C@H]1CCCCN1CCCC(F)(F)F. The van der Waals surface area contributed by atoms with Crippen molar-refractivity contribution in [2.45, 2.75) is 44.3 Å². The molecule has 2 aromatic rings. The Morgan fingerprint density at radius 1 is 1.17 bits per heavy atom. The van der Waals surface area contributed by atoms with Crippen LogP contribution in [-0.4, -0.2) is 41.1 Å². The van der Waals surface area contributed by atoms with Gasteiger partial charge in [0.1, 0.15) is 11.5 Å². The predicted molar refractivity (Wildman–Crippen MR) is 104 cm³/mol. The van der Waals surface area contributed by atoms with Gasteiger partial charge in [0.15, 0.2) is 0 Å². The number of hydrogen-bond acceptors (Lipinski definition) is 4. The molecule has 2 heterocycles. The van der Waals surface area contributed by atoms with Crippen molar-refractivity contribution in [2.24, 2.45) is 0 Å². The van der Waals surface area contributed by atoms with Crippen molar-refractivity contribution in [3.63, 3.8) is 0 Å². The van der Waals surface area contributed by atoms with Gasteiger partial charge in [-0.3, -0.25) is 14.7 Å². The van der Waals surface area contributed by atoms with Crippen LogP contribution in [-0.2, 0) is 4.79 Å². The standard InChI is InChI=1S/C21H24F3N3O2/c22-21(23,24)11-4-14-27-13-2-1-6-19(27)20(28)26-16-7-9-17(10-8-16)29-18-5-3-12-25-15-18/h3,5,7-10,12,15,19H,1-2,4,6,11,13-14H2,(H,26,28)/t19-/m1/s1. The van der Waals surface area contributed by atoms with E-state index in [1.165, 1.54) is 0 Å². The molecular weight excluding hydrogens is 383 g/mol. The molecule has 1 aromatic heterocycles. The number of aromatic nitrogens is 1. The molecule has 3 rings (SSSR count). The minimum atomic E-state index is -4.16. The van der Waals surface area contributed by atoms with Crippen molar-refractivity contribution >= 4 is 11.6 Å². The lowest BCUT2D eigenvalue weighted by molar-refractivity contribution is -0.137. The van der Waals surface area contributed by atoms with Crippen LogP contribution in [0.15, 0.2) is 48.8 Å². The fourth-order valence-electron chi connectivity index (χ4n) is 3.41. The maximum Gasteiger partial charge on any atom is 0.389 e. The first-order chi connectivity index (χ1) is 13.9. The van der Waals surface area contributed by atoms with Gasteiger partial charge < -0.3 is 10.1 Å². The number of rotatable bonds is 7. The molecule has 0 spiro atoms. The van der Waals surface area contributed by atoms with Crippen molar-refractivity contribution in [1.82, 2.24) is 9.88 Å². The predicted octanol–water partition coefficient (Wildman–Crippen LogP) is 5.01. The summed E-state index contributed by atoms with van der Waals surface area (Å²) in [6, 6.07) is 10.1. The highest BCUT2D eigenvalue weighted by molar-refractivity contribution is 5.94. The summed E-state index contributed by atoms with van der Waals surface area (Å²) >= 11 is 0. The van der Waals surface area contributed by atoms with Gasteiger partial charge in [-0.15, -0.1) is 0 Å². The largest absolute Gasteiger partial charge is 0.456 e. The molecule has 0 unspecified atom stereocenters. The number of anilines is 1. The monoisotopic (exact) mass is 407 g/mol. The number of likely N-dealkylation sites (tertiary alicyclic amines) is 1. The first kappa shape index (κ1) is 21.1. The average Bonchev–Trinajstić information content (AvgIpc) is 2.70. The molecule has 1 amide bonds. The van der Waals surface area contributed by atoms with Crippen LogP contribution in [0.5, 0.6) is 11.5 Å². The molecule has 1 aliphatic heterocycles. The molecule has 1 saturated heterocycles. The van der Waals surface area contributed by atoms with Crippen molar-refractivity contribution in [3.8, 4) is 11.5 Å². The number of nitrogens with zero attached hydrogens (tertiary/aromatic N) is 2. The number of piperidine rings is 1. The summed E-state index contributed by atoms with van der Waals surface area (Å²) in [5.74, 6) is 1.04. The third kappa shape index (κ3) is 6.74. The van der Waals surface area contributed by atoms with E-state index in [9.17, 15) is 18.0 Å². The van der Waals surface area contributed by atoms with E-state index in [0.29, 0.717) is 30.2 Å². The molecule has 1 N–H and O–H groups in total. The van der Waals surface area contributed by atoms with Crippen LogP contribution in [0, 0.1) is 0 Å². The van der Waals surface area contributed by atoms with Crippen LogP contribution in [0.25, 0.3) is 0 Å². The van der Waals surface area contributed by atoms with Crippen LogP contribution in [0.2, 0.25) is 0 Å². The highest BCUT2D eigenvalue weighted by atomic mass is 19.4. The number of benzene rings is 1.